The lowest BCUT2D eigenvalue weighted by molar-refractivity contribution is -0.143. The van der Waals surface area contributed by atoms with E-state index in [1.165, 1.54) is 11.3 Å². The standard InChI is InChI=1S/C11H13NO3S/c13-10(9-3-6-16-7-9)12-4-1-8(2-5-12)11(14)15/h3,6-8H,1-2,4-5H2,(H,14,15). The van der Waals surface area contributed by atoms with Crippen molar-refractivity contribution in [1.82, 2.24) is 4.90 Å². The van der Waals surface area contributed by atoms with Crippen molar-refractivity contribution in [2.75, 3.05) is 13.1 Å². The summed E-state index contributed by atoms with van der Waals surface area (Å²) >= 11 is 1.50. The number of thiophene rings is 1. The number of rotatable bonds is 2. The highest BCUT2D eigenvalue weighted by Gasteiger charge is 2.27. The first-order valence-electron chi connectivity index (χ1n) is 5.23. The first kappa shape index (κ1) is 11.1. The Labute approximate surface area is 97.5 Å². The number of likely N-dealkylation sites (tertiary alicyclic amines) is 1. The zero-order valence-electron chi connectivity index (χ0n) is 8.76. The third-order valence-electron chi connectivity index (χ3n) is 2.90. The molecule has 0 aliphatic carbocycles. The molecular weight excluding hydrogens is 226 g/mol. The maximum absolute atomic E-state index is 11.9. The number of piperidine rings is 1. The number of carboxylic acids is 1. The van der Waals surface area contributed by atoms with Crippen LogP contribution in [-0.2, 0) is 4.79 Å². The molecular formula is C11H13NO3S. The van der Waals surface area contributed by atoms with E-state index in [4.69, 9.17) is 5.11 Å². The molecule has 1 aliphatic rings. The number of amides is 1. The summed E-state index contributed by atoms with van der Waals surface area (Å²) in [6.45, 7) is 1.09. The van der Waals surface area contributed by atoms with Crippen LogP contribution < -0.4 is 0 Å². The highest BCUT2D eigenvalue weighted by Crippen LogP contribution is 2.19. The van der Waals surface area contributed by atoms with Gasteiger partial charge in [-0.25, -0.2) is 0 Å². The molecule has 2 heterocycles. The summed E-state index contributed by atoms with van der Waals surface area (Å²) in [6.07, 6.45) is 1.12. The van der Waals surface area contributed by atoms with Gasteiger partial charge in [0.15, 0.2) is 0 Å². The second-order valence-corrected chi connectivity index (χ2v) is 4.70. The Morgan fingerprint density at radius 2 is 2.06 bits per heavy atom. The summed E-state index contributed by atoms with van der Waals surface area (Å²) in [7, 11) is 0. The van der Waals surface area contributed by atoms with Gasteiger partial charge in [0.25, 0.3) is 5.91 Å². The van der Waals surface area contributed by atoms with Gasteiger partial charge < -0.3 is 10.0 Å². The fourth-order valence-electron chi connectivity index (χ4n) is 1.90. The SMILES string of the molecule is O=C(O)C1CCN(C(=O)c2ccsc2)CC1. The normalized spacial score (nSPS) is 17.4. The lowest BCUT2D eigenvalue weighted by Gasteiger charge is -2.29. The van der Waals surface area contributed by atoms with Gasteiger partial charge in [-0.3, -0.25) is 9.59 Å². The minimum atomic E-state index is -0.748. The second-order valence-electron chi connectivity index (χ2n) is 3.92. The van der Waals surface area contributed by atoms with E-state index in [0.29, 0.717) is 31.5 Å². The molecule has 5 heteroatoms. The quantitative estimate of drug-likeness (QED) is 0.854. The Morgan fingerprint density at radius 3 is 2.56 bits per heavy atom. The first-order chi connectivity index (χ1) is 7.68. The van der Waals surface area contributed by atoms with Gasteiger partial charge in [0.2, 0.25) is 0 Å². The van der Waals surface area contributed by atoms with Crippen LogP contribution in [0.2, 0.25) is 0 Å². The molecule has 1 aliphatic heterocycles. The minimum absolute atomic E-state index is 0.0186. The van der Waals surface area contributed by atoms with Crippen LogP contribution in [0.4, 0.5) is 0 Å². The van der Waals surface area contributed by atoms with Crippen LogP contribution in [-0.4, -0.2) is 35.0 Å². The molecule has 1 saturated heterocycles. The molecule has 4 nitrogen and oxygen atoms in total. The summed E-state index contributed by atoms with van der Waals surface area (Å²) in [5, 5.41) is 12.5. The zero-order chi connectivity index (χ0) is 11.5. The predicted molar refractivity (Wildman–Crippen MR) is 60.6 cm³/mol. The average molecular weight is 239 g/mol. The van der Waals surface area contributed by atoms with E-state index in [1.54, 1.807) is 11.0 Å². The number of carbonyl (C=O) groups excluding carboxylic acids is 1. The van der Waals surface area contributed by atoms with Crippen molar-refractivity contribution >= 4 is 23.2 Å². The van der Waals surface area contributed by atoms with Crippen LogP contribution in [0.15, 0.2) is 16.8 Å². The van der Waals surface area contributed by atoms with Crippen molar-refractivity contribution in [3.05, 3.63) is 22.4 Å². The van der Waals surface area contributed by atoms with E-state index in [9.17, 15) is 9.59 Å². The van der Waals surface area contributed by atoms with Crippen molar-refractivity contribution in [2.24, 2.45) is 5.92 Å². The van der Waals surface area contributed by atoms with Crippen molar-refractivity contribution in [1.29, 1.82) is 0 Å². The molecule has 86 valence electrons. The molecule has 2 rings (SSSR count). The van der Waals surface area contributed by atoms with Crippen molar-refractivity contribution in [3.63, 3.8) is 0 Å². The van der Waals surface area contributed by atoms with Gasteiger partial charge in [-0.15, -0.1) is 0 Å². The van der Waals surface area contributed by atoms with E-state index in [2.05, 4.69) is 0 Å². The third kappa shape index (κ3) is 2.24. The molecule has 0 aromatic carbocycles. The fraction of sp³-hybridized carbons (Fsp3) is 0.455. The topological polar surface area (TPSA) is 57.6 Å². The molecule has 1 aromatic heterocycles. The molecule has 0 saturated carbocycles. The van der Waals surface area contributed by atoms with Crippen LogP contribution in [0.3, 0.4) is 0 Å². The van der Waals surface area contributed by atoms with Gasteiger partial charge in [0.1, 0.15) is 0 Å². The Kier molecular flexibility index (Phi) is 3.24. The highest BCUT2D eigenvalue weighted by molar-refractivity contribution is 7.08. The van der Waals surface area contributed by atoms with E-state index >= 15 is 0 Å². The summed E-state index contributed by atoms with van der Waals surface area (Å²) in [6, 6.07) is 1.80. The monoisotopic (exact) mass is 239 g/mol. The van der Waals surface area contributed by atoms with Crippen molar-refractivity contribution in [3.8, 4) is 0 Å². The molecule has 1 N–H and O–H groups in total. The first-order valence-corrected chi connectivity index (χ1v) is 6.17. The Bertz CT molecular complexity index is 380. The summed E-state index contributed by atoms with van der Waals surface area (Å²) in [4.78, 5) is 24.4. The van der Waals surface area contributed by atoms with Crippen LogP contribution in [0.5, 0.6) is 0 Å². The Morgan fingerprint density at radius 1 is 1.38 bits per heavy atom. The maximum Gasteiger partial charge on any atom is 0.306 e. The minimum Gasteiger partial charge on any atom is -0.481 e. The average Bonchev–Trinajstić information content (AvgIpc) is 2.81. The summed E-state index contributed by atoms with van der Waals surface area (Å²) < 4.78 is 0. The number of nitrogens with zero attached hydrogens (tertiary/aromatic N) is 1. The number of aliphatic carboxylic acids is 1. The highest BCUT2D eigenvalue weighted by atomic mass is 32.1. The van der Waals surface area contributed by atoms with Gasteiger partial charge >= 0.3 is 5.97 Å². The summed E-state index contributed by atoms with van der Waals surface area (Å²) in [5.74, 6) is -1.01. The molecule has 16 heavy (non-hydrogen) atoms. The lowest BCUT2D eigenvalue weighted by atomic mass is 9.97. The molecule has 0 unspecified atom stereocenters. The molecule has 1 aromatic rings. The number of hydrogen-bond donors (Lipinski definition) is 1. The molecule has 0 radical (unpaired) electrons. The summed E-state index contributed by atoms with van der Waals surface area (Å²) in [5.41, 5.74) is 0.707. The van der Waals surface area contributed by atoms with E-state index in [0.717, 1.165) is 0 Å². The smallest absolute Gasteiger partial charge is 0.306 e. The van der Waals surface area contributed by atoms with Gasteiger partial charge in [-0.05, 0) is 24.3 Å². The molecule has 1 fully saturated rings. The Hall–Kier alpha value is -1.36. The van der Waals surface area contributed by atoms with E-state index in [1.807, 2.05) is 10.8 Å². The van der Waals surface area contributed by atoms with Crippen LogP contribution >= 0.6 is 11.3 Å². The van der Waals surface area contributed by atoms with Gasteiger partial charge in [-0.2, -0.15) is 11.3 Å². The predicted octanol–water partition coefficient (Wildman–Crippen LogP) is 1.68. The second kappa shape index (κ2) is 4.65. The van der Waals surface area contributed by atoms with E-state index < -0.39 is 5.97 Å². The maximum atomic E-state index is 11.9. The van der Waals surface area contributed by atoms with Crippen molar-refractivity contribution in [2.45, 2.75) is 12.8 Å². The lowest BCUT2D eigenvalue weighted by Crippen LogP contribution is -2.40. The molecule has 1 amide bonds. The fourth-order valence-corrected chi connectivity index (χ4v) is 2.53. The molecule has 0 bridgehead atoms. The van der Waals surface area contributed by atoms with Crippen LogP contribution in [0.25, 0.3) is 0 Å². The number of carbonyl (C=O) groups is 2. The van der Waals surface area contributed by atoms with Gasteiger partial charge in [-0.1, -0.05) is 0 Å². The van der Waals surface area contributed by atoms with Crippen molar-refractivity contribution < 1.29 is 14.7 Å². The number of carboxylic acid groups (broad SMARTS) is 1. The third-order valence-corrected chi connectivity index (χ3v) is 3.58. The van der Waals surface area contributed by atoms with Gasteiger partial charge in [0, 0.05) is 18.5 Å². The largest absolute Gasteiger partial charge is 0.481 e. The van der Waals surface area contributed by atoms with Crippen LogP contribution in [0.1, 0.15) is 23.2 Å². The molecule has 0 spiro atoms. The van der Waals surface area contributed by atoms with E-state index in [-0.39, 0.29) is 11.8 Å². The number of hydrogen-bond acceptors (Lipinski definition) is 3. The van der Waals surface area contributed by atoms with Crippen LogP contribution in [0, 0.1) is 5.92 Å². The molecule has 0 atom stereocenters. The Balaban J connectivity index is 1.94. The van der Waals surface area contributed by atoms with Gasteiger partial charge in [0.05, 0.1) is 11.5 Å². The zero-order valence-corrected chi connectivity index (χ0v) is 9.57.